The van der Waals surface area contributed by atoms with Crippen LogP contribution in [0.2, 0.25) is 0 Å². The second-order valence-electron chi connectivity index (χ2n) is 4.50. The van der Waals surface area contributed by atoms with Crippen LogP contribution in [-0.4, -0.2) is 12.4 Å². The molecule has 2 unspecified atom stereocenters. The Morgan fingerprint density at radius 3 is 3.07 bits per heavy atom. The van der Waals surface area contributed by atoms with Crippen LogP contribution in [0.1, 0.15) is 30.7 Å². The van der Waals surface area contributed by atoms with Crippen molar-refractivity contribution in [3.63, 3.8) is 0 Å². The molecule has 1 aliphatic carbocycles. The van der Waals surface area contributed by atoms with Crippen LogP contribution in [-0.2, 0) is 4.79 Å². The van der Waals surface area contributed by atoms with Gasteiger partial charge in [-0.2, -0.15) is 0 Å². The summed E-state index contributed by atoms with van der Waals surface area (Å²) in [4.78, 5) is 11.5. The lowest BCUT2D eigenvalue weighted by atomic mass is 9.74. The molecule has 2 atom stereocenters. The van der Waals surface area contributed by atoms with Gasteiger partial charge < -0.3 is 4.74 Å². The average molecular weight is 202 g/mol. The second-order valence-corrected chi connectivity index (χ2v) is 4.50. The summed E-state index contributed by atoms with van der Waals surface area (Å²) in [6.07, 6.45) is 2.45. The van der Waals surface area contributed by atoms with Crippen molar-refractivity contribution in [2.75, 3.05) is 6.61 Å². The van der Waals surface area contributed by atoms with Crippen LogP contribution in [0.15, 0.2) is 24.3 Å². The minimum atomic E-state index is 0.410. The number of ketones is 1. The smallest absolute Gasteiger partial charge is 0.133 e. The number of Topliss-reactive ketones (excluding diaryl/α,β-unsaturated/α-hetero) is 1. The predicted molar refractivity (Wildman–Crippen MR) is 57.0 cm³/mol. The van der Waals surface area contributed by atoms with E-state index < -0.39 is 0 Å². The normalized spacial score (nSPS) is 28.9. The Balaban J connectivity index is 2.00. The van der Waals surface area contributed by atoms with Crippen molar-refractivity contribution in [3.05, 3.63) is 29.8 Å². The molecule has 2 heteroatoms. The lowest BCUT2D eigenvalue weighted by Crippen LogP contribution is -2.31. The quantitative estimate of drug-likeness (QED) is 0.646. The van der Waals surface area contributed by atoms with Gasteiger partial charge >= 0.3 is 0 Å². The molecule has 1 aliphatic heterocycles. The van der Waals surface area contributed by atoms with Crippen molar-refractivity contribution in [2.24, 2.45) is 5.92 Å². The summed E-state index contributed by atoms with van der Waals surface area (Å²) in [7, 11) is 0. The fourth-order valence-electron chi connectivity index (χ4n) is 2.74. The van der Waals surface area contributed by atoms with Crippen molar-refractivity contribution < 1.29 is 9.53 Å². The summed E-state index contributed by atoms with van der Waals surface area (Å²) in [5, 5.41) is 0. The SMILES string of the molecule is O=C1CCC2COc3ccccc3C2C1. The van der Waals surface area contributed by atoms with E-state index in [2.05, 4.69) is 6.07 Å². The maximum atomic E-state index is 11.5. The van der Waals surface area contributed by atoms with Crippen molar-refractivity contribution in [1.82, 2.24) is 0 Å². The van der Waals surface area contributed by atoms with Gasteiger partial charge in [0.2, 0.25) is 0 Å². The van der Waals surface area contributed by atoms with Gasteiger partial charge in [0.15, 0.2) is 0 Å². The van der Waals surface area contributed by atoms with Gasteiger partial charge in [0, 0.05) is 24.7 Å². The van der Waals surface area contributed by atoms with Gasteiger partial charge in [-0.15, -0.1) is 0 Å². The fraction of sp³-hybridized carbons (Fsp3) is 0.462. The van der Waals surface area contributed by atoms with E-state index in [1.165, 1.54) is 5.56 Å². The van der Waals surface area contributed by atoms with E-state index in [1.807, 2.05) is 18.2 Å². The van der Waals surface area contributed by atoms with Crippen molar-refractivity contribution in [3.8, 4) is 5.75 Å². The van der Waals surface area contributed by atoms with Gasteiger partial charge in [-0.3, -0.25) is 4.79 Å². The maximum Gasteiger partial charge on any atom is 0.133 e. The van der Waals surface area contributed by atoms with E-state index in [-0.39, 0.29) is 0 Å². The zero-order valence-corrected chi connectivity index (χ0v) is 8.61. The summed E-state index contributed by atoms with van der Waals surface area (Å²) in [6.45, 7) is 0.787. The Bertz CT molecular complexity index is 397. The molecule has 0 spiro atoms. The third-order valence-corrected chi connectivity index (χ3v) is 3.58. The molecule has 15 heavy (non-hydrogen) atoms. The van der Waals surface area contributed by atoms with Gasteiger partial charge in [0.1, 0.15) is 11.5 Å². The maximum absolute atomic E-state index is 11.5. The highest BCUT2D eigenvalue weighted by molar-refractivity contribution is 5.80. The van der Waals surface area contributed by atoms with Gasteiger partial charge in [0.05, 0.1) is 6.61 Å². The number of fused-ring (bicyclic) bond motifs is 3. The van der Waals surface area contributed by atoms with Crippen molar-refractivity contribution in [2.45, 2.75) is 25.2 Å². The summed E-state index contributed by atoms with van der Waals surface area (Å²) in [5.41, 5.74) is 1.24. The van der Waals surface area contributed by atoms with Gasteiger partial charge in [-0.05, 0) is 18.1 Å². The number of hydrogen-bond donors (Lipinski definition) is 0. The average Bonchev–Trinajstić information content (AvgIpc) is 2.29. The number of carbonyl (C=O) groups is 1. The number of para-hydroxylation sites is 1. The van der Waals surface area contributed by atoms with Gasteiger partial charge in [-0.1, -0.05) is 18.2 Å². The fourth-order valence-corrected chi connectivity index (χ4v) is 2.74. The molecule has 2 aliphatic rings. The molecule has 1 aromatic rings. The third-order valence-electron chi connectivity index (χ3n) is 3.58. The molecule has 2 nitrogen and oxygen atoms in total. The van der Waals surface area contributed by atoms with Crippen LogP contribution in [0.5, 0.6) is 5.75 Å². The molecular weight excluding hydrogens is 188 g/mol. The zero-order valence-electron chi connectivity index (χ0n) is 8.61. The predicted octanol–water partition coefficient (Wildman–Crippen LogP) is 2.53. The lowest BCUT2D eigenvalue weighted by molar-refractivity contribution is -0.122. The molecule has 0 amide bonds. The molecule has 0 N–H and O–H groups in total. The zero-order chi connectivity index (χ0) is 10.3. The number of ether oxygens (including phenoxy) is 1. The number of carbonyl (C=O) groups excluding carboxylic acids is 1. The summed E-state index contributed by atoms with van der Waals surface area (Å²) in [5.74, 6) is 2.36. The first-order valence-electron chi connectivity index (χ1n) is 5.58. The van der Waals surface area contributed by atoms with Crippen molar-refractivity contribution in [1.29, 1.82) is 0 Å². The highest BCUT2D eigenvalue weighted by Crippen LogP contribution is 2.43. The van der Waals surface area contributed by atoms with E-state index in [4.69, 9.17) is 4.74 Å². The van der Waals surface area contributed by atoms with E-state index in [0.29, 0.717) is 24.0 Å². The molecule has 1 aromatic carbocycles. The van der Waals surface area contributed by atoms with E-state index in [9.17, 15) is 4.79 Å². The molecule has 1 saturated carbocycles. The molecule has 0 bridgehead atoms. The number of benzene rings is 1. The highest BCUT2D eigenvalue weighted by Gasteiger charge is 2.35. The molecule has 1 heterocycles. The first-order valence-corrected chi connectivity index (χ1v) is 5.58. The topological polar surface area (TPSA) is 26.3 Å². The van der Waals surface area contributed by atoms with Crippen molar-refractivity contribution >= 4 is 5.78 Å². The first-order chi connectivity index (χ1) is 7.34. The molecule has 0 saturated heterocycles. The Labute approximate surface area is 89.2 Å². The standard InChI is InChI=1S/C13H14O2/c14-10-6-5-9-8-15-13-4-2-1-3-11(13)12(9)7-10/h1-4,9,12H,5-8H2. The lowest BCUT2D eigenvalue weighted by Gasteiger charge is -2.36. The van der Waals surface area contributed by atoms with Crippen LogP contribution in [0, 0.1) is 5.92 Å². The Morgan fingerprint density at radius 1 is 1.27 bits per heavy atom. The molecule has 1 fully saturated rings. The summed E-state index contributed by atoms with van der Waals surface area (Å²) < 4.78 is 5.72. The van der Waals surface area contributed by atoms with Crippen LogP contribution in [0.25, 0.3) is 0 Å². The molecule has 0 radical (unpaired) electrons. The van der Waals surface area contributed by atoms with E-state index in [1.54, 1.807) is 0 Å². The summed E-state index contributed by atoms with van der Waals surface area (Å²) in [6, 6.07) is 8.13. The van der Waals surface area contributed by atoms with Crippen LogP contribution < -0.4 is 4.74 Å². The van der Waals surface area contributed by atoms with Gasteiger partial charge in [0.25, 0.3) is 0 Å². The molecular formula is C13H14O2. The Hall–Kier alpha value is -1.31. The van der Waals surface area contributed by atoms with Crippen LogP contribution >= 0.6 is 0 Å². The van der Waals surface area contributed by atoms with Gasteiger partial charge in [-0.25, -0.2) is 0 Å². The number of rotatable bonds is 0. The minimum absolute atomic E-state index is 0.410. The monoisotopic (exact) mass is 202 g/mol. The molecule has 3 rings (SSSR count). The largest absolute Gasteiger partial charge is 0.493 e. The Morgan fingerprint density at radius 2 is 2.13 bits per heavy atom. The van der Waals surface area contributed by atoms with E-state index >= 15 is 0 Å². The minimum Gasteiger partial charge on any atom is -0.493 e. The van der Waals surface area contributed by atoms with Crippen LogP contribution in [0.4, 0.5) is 0 Å². The third kappa shape index (κ3) is 1.44. The van der Waals surface area contributed by atoms with E-state index in [0.717, 1.165) is 25.2 Å². The summed E-state index contributed by atoms with van der Waals surface area (Å²) >= 11 is 0. The highest BCUT2D eigenvalue weighted by atomic mass is 16.5. The first kappa shape index (κ1) is 8.96. The molecule has 0 aromatic heterocycles. The number of hydrogen-bond acceptors (Lipinski definition) is 2. The van der Waals surface area contributed by atoms with Crippen LogP contribution in [0.3, 0.4) is 0 Å². The second kappa shape index (κ2) is 3.37. The Kier molecular flexibility index (Phi) is 2.01. The molecule has 78 valence electrons.